The van der Waals surface area contributed by atoms with E-state index in [9.17, 15) is 19.6 Å². The van der Waals surface area contributed by atoms with Crippen molar-refractivity contribution in [3.63, 3.8) is 0 Å². The summed E-state index contributed by atoms with van der Waals surface area (Å²) >= 11 is 5.77. The highest BCUT2D eigenvalue weighted by Gasteiger charge is 2.14. The van der Waals surface area contributed by atoms with Crippen LogP contribution in [0.2, 0.25) is 5.02 Å². The number of hydrogen-bond donors (Lipinski definition) is 2. The van der Waals surface area contributed by atoms with E-state index >= 15 is 0 Å². The average Bonchev–Trinajstić information content (AvgIpc) is 2.40. The van der Waals surface area contributed by atoms with Gasteiger partial charge in [-0.1, -0.05) is 11.6 Å². The molecule has 0 aliphatic rings. The maximum atomic E-state index is 13.5. The van der Waals surface area contributed by atoms with Crippen molar-refractivity contribution >= 4 is 23.0 Å². The van der Waals surface area contributed by atoms with Gasteiger partial charge in [0.25, 0.3) is 5.69 Å². The highest BCUT2D eigenvalue weighted by molar-refractivity contribution is 6.30. The SMILES string of the molecule is O=[N+]([O-])c1cc(O)ccc1NCc1cc(Cl)ccc1F. The molecule has 0 aliphatic carbocycles. The summed E-state index contributed by atoms with van der Waals surface area (Å²) in [7, 11) is 0. The first kappa shape index (κ1) is 14.1. The van der Waals surface area contributed by atoms with Gasteiger partial charge in [-0.15, -0.1) is 0 Å². The van der Waals surface area contributed by atoms with Crippen LogP contribution in [0.4, 0.5) is 15.8 Å². The second-order valence-electron chi connectivity index (χ2n) is 4.05. The molecule has 0 spiro atoms. The number of hydrogen-bond acceptors (Lipinski definition) is 4. The molecule has 5 nitrogen and oxygen atoms in total. The Morgan fingerprint density at radius 2 is 2.05 bits per heavy atom. The highest BCUT2D eigenvalue weighted by atomic mass is 35.5. The van der Waals surface area contributed by atoms with Crippen molar-refractivity contribution in [3.05, 3.63) is 62.9 Å². The minimum absolute atomic E-state index is 0.0397. The molecule has 2 N–H and O–H groups in total. The molecule has 0 amide bonds. The fourth-order valence-corrected chi connectivity index (χ4v) is 1.88. The number of phenols is 1. The molecule has 20 heavy (non-hydrogen) atoms. The molecule has 0 fully saturated rings. The molecule has 104 valence electrons. The molecule has 0 unspecified atom stereocenters. The standard InChI is InChI=1S/C13H10ClFN2O3/c14-9-1-3-11(15)8(5-9)7-16-12-4-2-10(18)6-13(12)17(19)20/h1-6,16,18H,7H2. The average molecular weight is 297 g/mol. The fourth-order valence-electron chi connectivity index (χ4n) is 1.69. The fraction of sp³-hybridized carbons (Fsp3) is 0.0769. The Hall–Kier alpha value is -2.34. The predicted molar refractivity (Wildman–Crippen MR) is 73.5 cm³/mol. The number of aromatic hydroxyl groups is 1. The molecule has 0 radical (unpaired) electrons. The zero-order valence-corrected chi connectivity index (χ0v) is 10.9. The van der Waals surface area contributed by atoms with Crippen LogP contribution in [0, 0.1) is 15.9 Å². The molecule has 2 rings (SSSR count). The minimum Gasteiger partial charge on any atom is -0.508 e. The molecule has 0 aliphatic heterocycles. The van der Waals surface area contributed by atoms with Gasteiger partial charge in [-0.25, -0.2) is 4.39 Å². The summed E-state index contributed by atoms with van der Waals surface area (Å²) in [6, 6.07) is 7.78. The second-order valence-corrected chi connectivity index (χ2v) is 4.48. The third-order valence-electron chi connectivity index (χ3n) is 2.66. The molecule has 0 atom stereocenters. The van der Waals surface area contributed by atoms with E-state index in [1.807, 2.05) is 0 Å². The lowest BCUT2D eigenvalue weighted by Gasteiger charge is -2.08. The van der Waals surface area contributed by atoms with E-state index in [1.165, 1.54) is 30.3 Å². The molecular weight excluding hydrogens is 287 g/mol. The number of anilines is 1. The first-order valence-electron chi connectivity index (χ1n) is 5.62. The monoisotopic (exact) mass is 296 g/mol. The summed E-state index contributed by atoms with van der Waals surface area (Å²) in [5, 5.41) is 23.2. The molecule has 0 bridgehead atoms. The van der Waals surface area contributed by atoms with Crippen LogP contribution in [0.1, 0.15) is 5.56 Å². The number of benzene rings is 2. The van der Waals surface area contributed by atoms with E-state index in [2.05, 4.69) is 5.32 Å². The van der Waals surface area contributed by atoms with Gasteiger partial charge in [0.1, 0.15) is 17.3 Å². The predicted octanol–water partition coefficient (Wildman–Crippen LogP) is 3.71. The second kappa shape index (κ2) is 5.75. The summed E-state index contributed by atoms with van der Waals surface area (Å²) in [5.74, 6) is -0.667. The van der Waals surface area contributed by atoms with Crippen LogP contribution in [-0.2, 0) is 6.54 Å². The van der Waals surface area contributed by atoms with Crippen molar-refractivity contribution in [3.8, 4) is 5.75 Å². The lowest BCUT2D eigenvalue weighted by atomic mass is 10.2. The maximum absolute atomic E-state index is 13.5. The first-order chi connectivity index (χ1) is 9.47. The summed E-state index contributed by atoms with van der Waals surface area (Å²) in [6.45, 7) is 0.0397. The van der Waals surface area contributed by atoms with Crippen molar-refractivity contribution in [2.75, 3.05) is 5.32 Å². The summed E-state index contributed by atoms with van der Waals surface area (Å²) in [4.78, 5) is 10.2. The number of nitrogens with zero attached hydrogens (tertiary/aromatic N) is 1. The molecule has 0 aromatic heterocycles. The van der Waals surface area contributed by atoms with Crippen LogP contribution in [-0.4, -0.2) is 10.0 Å². The van der Waals surface area contributed by atoms with Crippen LogP contribution in [0.15, 0.2) is 36.4 Å². The Morgan fingerprint density at radius 3 is 2.75 bits per heavy atom. The topological polar surface area (TPSA) is 75.4 Å². The van der Waals surface area contributed by atoms with E-state index in [1.54, 1.807) is 0 Å². The number of nitrogens with one attached hydrogen (secondary N) is 1. The molecular formula is C13H10ClFN2O3. The third-order valence-corrected chi connectivity index (χ3v) is 2.89. The summed E-state index contributed by atoms with van der Waals surface area (Å²) in [5.41, 5.74) is 0.194. The van der Waals surface area contributed by atoms with Gasteiger partial charge < -0.3 is 10.4 Å². The van der Waals surface area contributed by atoms with Crippen molar-refractivity contribution in [1.82, 2.24) is 0 Å². The van der Waals surface area contributed by atoms with Crippen molar-refractivity contribution in [2.45, 2.75) is 6.54 Å². The molecule has 7 heteroatoms. The van der Waals surface area contributed by atoms with Crippen LogP contribution in [0.3, 0.4) is 0 Å². The number of phenolic OH excluding ortho intramolecular Hbond substituents is 1. The molecule has 2 aromatic carbocycles. The van der Waals surface area contributed by atoms with E-state index in [0.717, 1.165) is 6.07 Å². The van der Waals surface area contributed by atoms with Gasteiger partial charge in [0.15, 0.2) is 0 Å². The smallest absolute Gasteiger partial charge is 0.296 e. The van der Waals surface area contributed by atoms with Gasteiger partial charge in [0, 0.05) is 17.1 Å². The van der Waals surface area contributed by atoms with E-state index < -0.39 is 10.7 Å². The zero-order chi connectivity index (χ0) is 14.7. The number of halogens is 2. The number of rotatable bonds is 4. The van der Waals surface area contributed by atoms with Gasteiger partial charge in [0.2, 0.25) is 0 Å². The van der Waals surface area contributed by atoms with Crippen LogP contribution < -0.4 is 5.32 Å². The van der Waals surface area contributed by atoms with Gasteiger partial charge in [-0.2, -0.15) is 0 Å². The first-order valence-corrected chi connectivity index (χ1v) is 6.00. The van der Waals surface area contributed by atoms with E-state index in [0.29, 0.717) is 10.6 Å². The zero-order valence-electron chi connectivity index (χ0n) is 10.1. The van der Waals surface area contributed by atoms with Crippen molar-refractivity contribution in [1.29, 1.82) is 0 Å². The summed E-state index contributed by atoms with van der Waals surface area (Å²) in [6.07, 6.45) is 0. The van der Waals surface area contributed by atoms with Crippen molar-refractivity contribution in [2.24, 2.45) is 0 Å². The maximum Gasteiger partial charge on any atom is 0.296 e. The molecule has 0 heterocycles. The number of nitro groups is 1. The Labute approximate surface area is 118 Å². The molecule has 2 aromatic rings. The largest absolute Gasteiger partial charge is 0.508 e. The Morgan fingerprint density at radius 1 is 1.30 bits per heavy atom. The van der Waals surface area contributed by atoms with Crippen LogP contribution in [0.25, 0.3) is 0 Å². The normalized spacial score (nSPS) is 10.3. The van der Waals surface area contributed by atoms with E-state index in [4.69, 9.17) is 11.6 Å². The summed E-state index contributed by atoms with van der Waals surface area (Å²) < 4.78 is 13.5. The van der Waals surface area contributed by atoms with Gasteiger partial charge in [-0.05, 0) is 30.3 Å². The van der Waals surface area contributed by atoms with E-state index in [-0.39, 0.29) is 23.7 Å². The third kappa shape index (κ3) is 3.16. The quantitative estimate of drug-likeness (QED) is 0.512. The minimum atomic E-state index is -0.629. The number of nitro benzene ring substituents is 1. The molecule has 0 saturated heterocycles. The Kier molecular flexibility index (Phi) is 4.05. The van der Waals surface area contributed by atoms with Gasteiger partial charge >= 0.3 is 0 Å². The molecule has 0 saturated carbocycles. The van der Waals surface area contributed by atoms with Gasteiger partial charge in [0.05, 0.1) is 11.0 Å². The van der Waals surface area contributed by atoms with Gasteiger partial charge in [-0.3, -0.25) is 10.1 Å². The van der Waals surface area contributed by atoms with Crippen molar-refractivity contribution < 1.29 is 14.4 Å². The van der Waals surface area contributed by atoms with Crippen LogP contribution in [0.5, 0.6) is 5.75 Å². The Bertz CT molecular complexity index is 664. The Balaban J connectivity index is 2.23. The lowest BCUT2D eigenvalue weighted by Crippen LogP contribution is -2.04. The lowest BCUT2D eigenvalue weighted by molar-refractivity contribution is -0.384. The van der Waals surface area contributed by atoms with Crippen LogP contribution >= 0.6 is 11.6 Å². The highest BCUT2D eigenvalue weighted by Crippen LogP contribution is 2.29.